The minimum atomic E-state index is -0.854. The molecule has 1 aliphatic rings. The first-order valence-corrected chi connectivity index (χ1v) is 7.65. The summed E-state index contributed by atoms with van der Waals surface area (Å²) in [5.41, 5.74) is 0.419. The molecule has 8 heteroatoms. The minimum Gasteiger partial charge on any atom is -0.454 e. The van der Waals surface area contributed by atoms with Crippen molar-refractivity contribution < 1.29 is 27.9 Å². The van der Waals surface area contributed by atoms with Crippen molar-refractivity contribution in [1.82, 2.24) is 4.90 Å². The zero-order chi connectivity index (χ0) is 18.1. The van der Waals surface area contributed by atoms with E-state index in [1.165, 1.54) is 18.9 Å². The number of hydrogen-bond acceptors (Lipinski definition) is 7. The molecule has 1 aromatic heterocycles. The van der Waals surface area contributed by atoms with Gasteiger partial charge in [-0.2, -0.15) is 0 Å². The Balaban J connectivity index is 1.71. The van der Waals surface area contributed by atoms with Gasteiger partial charge in [0.25, 0.3) is 0 Å². The van der Waals surface area contributed by atoms with Crippen molar-refractivity contribution in [3.8, 4) is 11.5 Å². The molecule has 132 valence electrons. The highest BCUT2D eigenvalue weighted by molar-refractivity contribution is 6.02. The van der Waals surface area contributed by atoms with E-state index in [2.05, 4.69) is 0 Å². The highest BCUT2D eigenvalue weighted by Gasteiger charge is 2.26. The van der Waals surface area contributed by atoms with Gasteiger partial charge in [-0.25, -0.2) is 4.79 Å². The number of aryl methyl sites for hydroxylation is 1. The minimum absolute atomic E-state index is 0.121. The maximum absolute atomic E-state index is 12.6. The van der Waals surface area contributed by atoms with Crippen LogP contribution in [0.1, 0.15) is 28.8 Å². The fraction of sp³-hybridized carbons (Fsp3) is 0.353. The molecule has 1 amide bonds. The molecule has 1 aliphatic heterocycles. The van der Waals surface area contributed by atoms with E-state index in [0.29, 0.717) is 17.1 Å². The number of nitrogens with zero attached hydrogens (tertiary/aromatic N) is 1. The molecule has 1 unspecified atom stereocenters. The van der Waals surface area contributed by atoms with Crippen LogP contribution in [0.25, 0.3) is 0 Å². The van der Waals surface area contributed by atoms with Gasteiger partial charge >= 0.3 is 5.82 Å². The summed E-state index contributed by atoms with van der Waals surface area (Å²) in [4.78, 5) is 37.3. The van der Waals surface area contributed by atoms with E-state index >= 15 is 0 Å². The van der Waals surface area contributed by atoms with Crippen LogP contribution in [-0.4, -0.2) is 36.5 Å². The third-order valence-electron chi connectivity index (χ3n) is 4.16. The van der Waals surface area contributed by atoms with Crippen LogP contribution in [0, 0.1) is 6.92 Å². The number of rotatable bonds is 5. The first-order valence-electron chi connectivity index (χ1n) is 7.65. The van der Waals surface area contributed by atoms with Gasteiger partial charge in [0.2, 0.25) is 12.7 Å². The Bertz CT molecular complexity index is 879. The lowest BCUT2D eigenvalue weighted by Gasteiger charge is -2.23. The smallest absolute Gasteiger partial charge is 0.454 e. The second-order valence-electron chi connectivity index (χ2n) is 5.72. The lowest BCUT2D eigenvalue weighted by atomic mass is 10.0. The van der Waals surface area contributed by atoms with E-state index in [-0.39, 0.29) is 36.4 Å². The molecule has 0 N–H and O–H groups in total. The number of likely N-dealkylation sites (N-methyl/N-ethyl adjacent to an activating group) is 1. The van der Waals surface area contributed by atoms with Gasteiger partial charge in [0.1, 0.15) is 5.76 Å². The number of benzene rings is 1. The van der Waals surface area contributed by atoms with Crippen molar-refractivity contribution in [3.05, 3.63) is 45.9 Å². The molecule has 0 fully saturated rings. The third-order valence-corrected chi connectivity index (χ3v) is 4.16. The number of carbonyl (C=O) groups excluding carboxylic acids is 2. The SMILES string of the molecule is Cc1oc(=O)oc1CC(=O)N(C)C(C)C(=O)c1ccc2c(c1)OCO2. The average Bonchev–Trinajstić information content (AvgIpc) is 3.18. The molecule has 0 saturated carbocycles. The monoisotopic (exact) mass is 347 g/mol. The topological polar surface area (TPSA) is 99.2 Å². The van der Waals surface area contributed by atoms with Crippen LogP contribution < -0.4 is 15.3 Å². The first kappa shape index (κ1) is 16.8. The number of ether oxygens (including phenoxy) is 2. The van der Waals surface area contributed by atoms with Crippen LogP contribution in [0.15, 0.2) is 31.8 Å². The van der Waals surface area contributed by atoms with Crippen LogP contribution in [0.3, 0.4) is 0 Å². The molecule has 1 aromatic carbocycles. The maximum Gasteiger partial charge on any atom is 0.519 e. The van der Waals surface area contributed by atoms with Crippen molar-refractivity contribution in [1.29, 1.82) is 0 Å². The zero-order valence-corrected chi connectivity index (χ0v) is 14.0. The molecule has 0 bridgehead atoms. The Hall–Kier alpha value is -3.03. The molecule has 2 aromatic rings. The van der Waals surface area contributed by atoms with Gasteiger partial charge in [-0.15, -0.1) is 0 Å². The fourth-order valence-corrected chi connectivity index (χ4v) is 2.48. The molecule has 3 rings (SSSR count). The van der Waals surface area contributed by atoms with E-state index in [0.717, 1.165) is 0 Å². The summed E-state index contributed by atoms with van der Waals surface area (Å²) < 4.78 is 20.0. The molecular weight excluding hydrogens is 330 g/mol. The van der Waals surface area contributed by atoms with E-state index in [4.69, 9.17) is 18.3 Å². The fourth-order valence-electron chi connectivity index (χ4n) is 2.48. The molecule has 0 aliphatic carbocycles. The van der Waals surface area contributed by atoms with Crippen LogP contribution in [0.5, 0.6) is 11.5 Å². The molecule has 0 saturated heterocycles. The van der Waals surface area contributed by atoms with Crippen LogP contribution >= 0.6 is 0 Å². The number of amides is 1. The number of Topliss-reactive ketones (excluding diaryl/α,β-unsaturated/α-hetero) is 1. The lowest BCUT2D eigenvalue weighted by Crippen LogP contribution is -2.41. The van der Waals surface area contributed by atoms with E-state index in [1.807, 2.05) is 0 Å². The number of ketones is 1. The molecule has 0 spiro atoms. The predicted octanol–water partition coefficient (Wildman–Crippen LogP) is 1.54. The van der Waals surface area contributed by atoms with Crippen LogP contribution in [0.2, 0.25) is 0 Å². The Morgan fingerprint density at radius 2 is 1.92 bits per heavy atom. The van der Waals surface area contributed by atoms with Crippen molar-refractivity contribution in [2.24, 2.45) is 0 Å². The summed E-state index contributed by atoms with van der Waals surface area (Å²) >= 11 is 0. The molecular formula is C17H17NO7. The molecule has 0 radical (unpaired) electrons. The molecule has 2 heterocycles. The van der Waals surface area contributed by atoms with Gasteiger partial charge in [0, 0.05) is 12.6 Å². The van der Waals surface area contributed by atoms with E-state index in [1.54, 1.807) is 25.1 Å². The van der Waals surface area contributed by atoms with Crippen molar-refractivity contribution in [2.75, 3.05) is 13.8 Å². The second kappa shape index (κ2) is 6.46. The Kier molecular flexibility index (Phi) is 4.35. The predicted molar refractivity (Wildman–Crippen MR) is 84.8 cm³/mol. The number of carbonyl (C=O) groups is 2. The number of fused-ring (bicyclic) bond motifs is 1. The van der Waals surface area contributed by atoms with Crippen molar-refractivity contribution >= 4 is 11.7 Å². The summed E-state index contributed by atoms with van der Waals surface area (Å²) in [5, 5.41) is 0. The summed E-state index contributed by atoms with van der Waals surface area (Å²) in [7, 11) is 1.52. The summed E-state index contributed by atoms with van der Waals surface area (Å²) in [6.45, 7) is 3.29. The average molecular weight is 347 g/mol. The third kappa shape index (κ3) is 3.28. The lowest BCUT2D eigenvalue weighted by molar-refractivity contribution is -0.130. The quantitative estimate of drug-likeness (QED) is 0.757. The molecule has 25 heavy (non-hydrogen) atoms. The van der Waals surface area contributed by atoms with Gasteiger partial charge in [0.15, 0.2) is 23.0 Å². The highest BCUT2D eigenvalue weighted by atomic mass is 16.7. The van der Waals surface area contributed by atoms with Gasteiger partial charge in [-0.3, -0.25) is 9.59 Å². The van der Waals surface area contributed by atoms with E-state index in [9.17, 15) is 14.4 Å². The Morgan fingerprint density at radius 3 is 2.60 bits per heavy atom. The van der Waals surface area contributed by atoms with Gasteiger partial charge in [-0.1, -0.05) is 0 Å². The first-order chi connectivity index (χ1) is 11.9. The van der Waals surface area contributed by atoms with Crippen molar-refractivity contribution in [3.63, 3.8) is 0 Å². The van der Waals surface area contributed by atoms with Crippen LogP contribution in [0.4, 0.5) is 0 Å². The van der Waals surface area contributed by atoms with Crippen LogP contribution in [-0.2, 0) is 11.2 Å². The zero-order valence-electron chi connectivity index (χ0n) is 14.0. The largest absolute Gasteiger partial charge is 0.519 e. The second-order valence-corrected chi connectivity index (χ2v) is 5.72. The van der Waals surface area contributed by atoms with Gasteiger partial charge in [0.05, 0.1) is 12.5 Å². The van der Waals surface area contributed by atoms with Gasteiger partial charge in [-0.05, 0) is 32.0 Å². The van der Waals surface area contributed by atoms with E-state index < -0.39 is 11.9 Å². The Labute approximate surface area is 142 Å². The summed E-state index contributed by atoms with van der Waals surface area (Å²) in [6, 6.07) is 4.18. The number of hydrogen-bond donors (Lipinski definition) is 0. The summed E-state index contributed by atoms with van der Waals surface area (Å²) in [6.07, 6.45) is -0.160. The Morgan fingerprint density at radius 1 is 1.20 bits per heavy atom. The highest BCUT2D eigenvalue weighted by Crippen LogP contribution is 2.33. The van der Waals surface area contributed by atoms with Crippen molar-refractivity contribution in [2.45, 2.75) is 26.3 Å². The standard InChI is InChI=1S/C17H17NO7/c1-9(16(20)11-4-5-12-14(6-11)23-8-22-12)18(3)15(19)7-13-10(2)24-17(21)25-13/h4-6,9H,7-8H2,1-3H3. The molecule has 8 nitrogen and oxygen atoms in total. The summed E-state index contributed by atoms with van der Waals surface area (Å²) in [5.74, 6) is 0.0363. The molecule has 1 atom stereocenters. The maximum atomic E-state index is 12.6. The normalized spacial score (nSPS) is 13.6. The van der Waals surface area contributed by atoms with Gasteiger partial charge < -0.3 is 23.2 Å².